The highest BCUT2D eigenvalue weighted by molar-refractivity contribution is 5.94. The molecule has 0 radical (unpaired) electrons. The van der Waals surface area contributed by atoms with Gasteiger partial charge in [0.1, 0.15) is 12.1 Å². The number of nitrogens with one attached hydrogen (secondary N) is 2. The van der Waals surface area contributed by atoms with E-state index in [4.69, 9.17) is 0 Å². The van der Waals surface area contributed by atoms with Gasteiger partial charge in [0.05, 0.1) is 11.7 Å². The number of anilines is 3. The summed E-state index contributed by atoms with van der Waals surface area (Å²) in [7, 11) is 0. The molecule has 166 valence electrons. The fraction of sp³-hybridized carbons (Fsp3) is 0.280. The lowest BCUT2D eigenvalue weighted by Crippen LogP contribution is -2.47. The lowest BCUT2D eigenvalue weighted by molar-refractivity contribution is -0.117. The zero-order valence-electron chi connectivity index (χ0n) is 18.2. The number of rotatable bonds is 5. The molecule has 2 aromatic carbocycles. The minimum atomic E-state index is 0.141. The van der Waals surface area contributed by atoms with Gasteiger partial charge in [-0.25, -0.2) is 9.97 Å². The predicted octanol–water partition coefficient (Wildman–Crippen LogP) is 3.70. The van der Waals surface area contributed by atoms with E-state index < -0.39 is 0 Å². The number of amides is 1. The summed E-state index contributed by atoms with van der Waals surface area (Å²) in [6.07, 6.45) is 7.38. The average Bonchev–Trinajstić information content (AvgIpc) is 3.58. The van der Waals surface area contributed by atoms with Crippen molar-refractivity contribution in [3.63, 3.8) is 0 Å². The second kappa shape index (κ2) is 8.20. The molecule has 1 amide bonds. The molecule has 8 heteroatoms. The molecule has 4 aromatic rings. The number of hydrogen-bond acceptors (Lipinski definition) is 6. The van der Waals surface area contributed by atoms with Gasteiger partial charge in [-0.2, -0.15) is 5.10 Å². The van der Waals surface area contributed by atoms with Gasteiger partial charge in [-0.3, -0.25) is 9.89 Å². The van der Waals surface area contributed by atoms with Crippen LogP contribution in [0.15, 0.2) is 61.2 Å². The lowest BCUT2D eigenvalue weighted by atomic mass is 10.1. The molecule has 8 nitrogen and oxygen atoms in total. The van der Waals surface area contributed by atoms with Crippen LogP contribution in [0.1, 0.15) is 12.8 Å². The number of carbonyl (C=O) groups excluding carboxylic acids is 1. The third-order valence-electron chi connectivity index (χ3n) is 6.45. The van der Waals surface area contributed by atoms with Crippen LogP contribution >= 0.6 is 0 Å². The van der Waals surface area contributed by atoms with Crippen LogP contribution in [-0.4, -0.2) is 52.3 Å². The van der Waals surface area contributed by atoms with E-state index in [2.05, 4.69) is 59.5 Å². The first kappa shape index (κ1) is 19.7. The maximum atomic E-state index is 12.1. The molecule has 3 heterocycles. The van der Waals surface area contributed by atoms with Crippen molar-refractivity contribution >= 4 is 34.0 Å². The molecule has 2 N–H and O–H groups in total. The van der Waals surface area contributed by atoms with Crippen LogP contribution in [0.3, 0.4) is 0 Å². The first-order valence-electron chi connectivity index (χ1n) is 11.4. The van der Waals surface area contributed by atoms with Crippen molar-refractivity contribution in [2.45, 2.75) is 12.8 Å². The number of piperazine rings is 1. The van der Waals surface area contributed by atoms with Crippen molar-refractivity contribution < 1.29 is 4.79 Å². The Morgan fingerprint density at radius 1 is 0.970 bits per heavy atom. The third-order valence-corrected chi connectivity index (χ3v) is 6.45. The summed E-state index contributed by atoms with van der Waals surface area (Å²) in [4.78, 5) is 25.9. The molecule has 2 aromatic heterocycles. The Bertz CT molecular complexity index is 1290. The highest BCUT2D eigenvalue weighted by atomic mass is 16.2. The normalized spacial score (nSPS) is 16.2. The Morgan fingerprint density at radius 2 is 1.82 bits per heavy atom. The molecule has 2 fully saturated rings. The topological polar surface area (TPSA) is 90.0 Å². The number of H-pyrrole nitrogens is 1. The van der Waals surface area contributed by atoms with Gasteiger partial charge < -0.3 is 15.1 Å². The fourth-order valence-corrected chi connectivity index (χ4v) is 4.43. The summed E-state index contributed by atoms with van der Waals surface area (Å²) in [5, 5.41) is 11.0. The van der Waals surface area contributed by atoms with Gasteiger partial charge in [0.25, 0.3) is 0 Å². The van der Waals surface area contributed by atoms with Gasteiger partial charge in [0.15, 0.2) is 0 Å². The number of carbonyl (C=O) groups is 1. The maximum absolute atomic E-state index is 12.1. The third kappa shape index (κ3) is 4.00. The Hall–Kier alpha value is -3.94. The van der Waals surface area contributed by atoms with E-state index >= 15 is 0 Å². The van der Waals surface area contributed by atoms with E-state index in [1.54, 1.807) is 6.33 Å². The molecule has 1 saturated carbocycles. The molecule has 6 rings (SSSR count). The number of aromatic amines is 1. The smallest absolute Gasteiger partial charge is 0.227 e. The maximum Gasteiger partial charge on any atom is 0.227 e. The highest BCUT2D eigenvalue weighted by Gasteiger charge is 2.29. The van der Waals surface area contributed by atoms with Crippen molar-refractivity contribution in [2.75, 3.05) is 41.3 Å². The zero-order valence-corrected chi connectivity index (χ0v) is 18.2. The molecular weight excluding hydrogens is 414 g/mol. The molecule has 0 spiro atoms. The highest BCUT2D eigenvalue weighted by Crippen LogP contribution is 2.32. The van der Waals surface area contributed by atoms with Gasteiger partial charge in [-0.05, 0) is 48.7 Å². The molecule has 0 atom stereocenters. The van der Waals surface area contributed by atoms with E-state index in [1.165, 1.54) is 0 Å². The monoisotopic (exact) mass is 439 g/mol. The second-order valence-electron chi connectivity index (χ2n) is 8.70. The first-order valence-corrected chi connectivity index (χ1v) is 11.4. The van der Waals surface area contributed by atoms with Crippen LogP contribution < -0.4 is 15.1 Å². The number of hydrogen-bond donors (Lipinski definition) is 2. The fourth-order valence-electron chi connectivity index (χ4n) is 4.43. The van der Waals surface area contributed by atoms with Crippen molar-refractivity contribution in [1.82, 2.24) is 20.2 Å². The van der Waals surface area contributed by atoms with Crippen molar-refractivity contribution in [3.8, 4) is 11.1 Å². The van der Waals surface area contributed by atoms with E-state index in [0.717, 1.165) is 78.2 Å². The quantitative estimate of drug-likeness (QED) is 0.493. The van der Waals surface area contributed by atoms with E-state index in [1.807, 2.05) is 30.6 Å². The average molecular weight is 440 g/mol. The molecule has 2 aliphatic rings. The molecule has 1 aliphatic heterocycles. The van der Waals surface area contributed by atoms with Crippen LogP contribution in [-0.2, 0) is 4.79 Å². The van der Waals surface area contributed by atoms with Gasteiger partial charge in [-0.15, -0.1) is 0 Å². The van der Waals surface area contributed by atoms with E-state index in [0.29, 0.717) is 0 Å². The number of nitrogens with zero attached hydrogens (tertiary/aromatic N) is 5. The minimum Gasteiger partial charge on any atom is -0.368 e. The van der Waals surface area contributed by atoms with Crippen molar-refractivity contribution in [3.05, 3.63) is 61.2 Å². The van der Waals surface area contributed by atoms with Crippen LogP contribution in [0.5, 0.6) is 0 Å². The zero-order chi connectivity index (χ0) is 22.2. The Morgan fingerprint density at radius 3 is 2.61 bits per heavy atom. The number of benzene rings is 2. The SMILES string of the molecule is O=C(Nc1cccc(N2CCN(c3ncnc4ccc(-c5cn[nH]c5)cc34)CC2)c1)C1CC1. The minimum absolute atomic E-state index is 0.141. The predicted molar refractivity (Wildman–Crippen MR) is 129 cm³/mol. The van der Waals surface area contributed by atoms with Crippen LogP contribution in [0.25, 0.3) is 22.0 Å². The van der Waals surface area contributed by atoms with E-state index in [9.17, 15) is 4.79 Å². The summed E-state index contributed by atoms with van der Waals surface area (Å²) >= 11 is 0. The number of aromatic nitrogens is 4. The van der Waals surface area contributed by atoms with Gasteiger partial charge in [0, 0.05) is 60.6 Å². The van der Waals surface area contributed by atoms with Crippen molar-refractivity contribution in [2.24, 2.45) is 5.92 Å². The molecular formula is C25H25N7O. The molecule has 0 unspecified atom stereocenters. The van der Waals surface area contributed by atoms with Crippen LogP contribution in [0.2, 0.25) is 0 Å². The first-order chi connectivity index (χ1) is 16.2. The molecule has 0 bridgehead atoms. The Labute approximate surface area is 191 Å². The number of fused-ring (bicyclic) bond motifs is 1. The summed E-state index contributed by atoms with van der Waals surface area (Å²) in [6, 6.07) is 14.4. The summed E-state index contributed by atoms with van der Waals surface area (Å²) in [5.74, 6) is 1.31. The Kier molecular flexibility index (Phi) is 4.90. The Balaban J connectivity index is 1.19. The van der Waals surface area contributed by atoms with Crippen molar-refractivity contribution in [1.29, 1.82) is 0 Å². The van der Waals surface area contributed by atoms with Crippen LogP contribution in [0.4, 0.5) is 17.2 Å². The largest absolute Gasteiger partial charge is 0.368 e. The lowest BCUT2D eigenvalue weighted by Gasteiger charge is -2.37. The second-order valence-corrected chi connectivity index (χ2v) is 8.70. The summed E-state index contributed by atoms with van der Waals surface area (Å²) < 4.78 is 0. The molecule has 1 aliphatic carbocycles. The van der Waals surface area contributed by atoms with Gasteiger partial charge >= 0.3 is 0 Å². The van der Waals surface area contributed by atoms with Gasteiger partial charge in [0.2, 0.25) is 5.91 Å². The summed E-state index contributed by atoms with van der Waals surface area (Å²) in [5.41, 5.74) is 5.09. The molecule has 33 heavy (non-hydrogen) atoms. The van der Waals surface area contributed by atoms with Crippen LogP contribution in [0, 0.1) is 5.92 Å². The van der Waals surface area contributed by atoms with E-state index in [-0.39, 0.29) is 11.8 Å². The standard InChI is InChI=1S/C25H25N7O/c33-25(17-4-5-17)30-20-2-1-3-21(13-20)31-8-10-32(11-9-31)24-22-12-18(19-14-28-29-15-19)6-7-23(22)26-16-27-24/h1-3,6-7,12-17H,4-5,8-11H2,(H,28,29)(H,30,33). The summed E-state index contributed by atoms with van der Waals surface area (Å²) in [6.45, 7) is 3.49. The van der Waals surface area contributed by atoms with Gasteiger partial charge in [-0.1, -0.05) is 12.1 Å². The molecule has 1 saturated heterocycles.